The fourth-order valence-corrected chi connectivity index (χ4v) is 3.53. The van der Waals surface area contributed by atoms with Crippen LogP contribution in [0.4, 0.5) is 0 Å². The lowest BCUT2D eigenvalue weighted by molar-refractivity contribution is 0.0687. The number of carbonyl (C=O) groups is 2. The van der Waals surface area contributed by atoms with Gasteiger partial charge in [-0.05, 0) is 45.3 Å². The molecule has 1 fully saturated rings. The largest absolute Gasteiger partial charge is 0.339 e. The molecule has 2 aromatic rings. The number of nitrogens with one attached hydrogen (secondary N) is 1. The molecule has 1 saturated heterocycles. The van der Waals surface area contributed by atoms with E-state index in [1.807, 2.05) is 55.3 Å². The molecule has 4 nitrogen and oxygen atoms in total. The first-order chi connectivity index (χ1) is 12.6. The number of rotatable bonds is 5. The van der Waals surface area contributed by atoms with Gasteiger partial charge in [-0.3, -0.25) is 9.59 Å². The van der Waals surface area contributed by atoms with Crippen LogP contribution in [0.15, 0.2) is 48.5 Å². The van der Waals surface area contributed by atoms with Crippen LogP contribution < -0.4 is 5.32 Å². The molecule has 26 heavy (non-hydrogen) atoms. The topological polar surface area (TPSA) is 49.4 Å². The quantitative estimate of drug-likeness (QED) is 0.842. The maximum absolute atomic E-state index is 13.0. The number of piperidine rings is 1. The minimum absolute atomic E-state index is 0.0380. The number of benzene rings is 2. The Kier molecular flexibility index (Phi) is 5.84. The second-order valence-corrected chi connectivity index (χ2v) is 7.03. The molecule has 0 saturated carbocycles. The van der Waals surface area contributed by atoms with Gasteiger partial charge in [-0.1, -0.05) is 48.0 Å². The van der Waals surface area contributed by atoms with Crippen LogP contribution >= 0.6 is 0 Å². The van der Waals surface area contributed by atoms with Crippen molar-refractivity contribution in [1.82, 2.24) is 10.2 Å². The summed E-state index contributed by atoms with van der Waals surface area (Å²) in [6.07, 6.45) is 2.00. The molecule has 0 radical (unpaired) electrons. The third-order valence-electron chi connectivity index (χ3n) is 5.11. The number of ketones is 1. The van der Waals surface area contributed by atoms with Crippen LogP contribution in [0.2, 0.25) is 0 Å². The molecule has 1 heterocycles. The fraction of sp³-hybridized carbons (Fsp3) is 0.364. The van der Waals surface area contributed by atoms with E-state index in [1.165, 1.54) is 0 Å². The highest BCUT2D eigenvalue weighted by molar-refractivity contribution is 6.15. The molecule has 1 aliphatic heterocycles. The van der Waals surface area contributed by atoms with Gasteiger partial charge < -0.3 is 10.2 Å². The van der Waals surface area contributed by atoms with Crippen molar-refractivity contribution >= 4 is 11.7 Å². The molecule has 1 aliphatic rings. The van der Waals surface area contributed by atoms with Gasteiger partial charge in [-0.15, -0.1) is 0 Å². The fourth-order valence-electron chi connectivity index (χ4n) is 3.53. The Hall–Kier alpha value is -2.46. The van der Waals surface area contributed by atoms with E-state index in [2.05, 4.69) is 5.32 Å². The van der Waals surface area contributed by atoms with Gasteiger partial charge in [0.05, 0.1) is 5.56 Å². The van der Waals surface area contributed by atoms with Crippen molar-refractivity contribution in [2.75, 3.05) is 26.7 Å². The average molecular weight is 350 g/mol. The van der Waals surface area contributed by atoms with Crippen LogP contribution in [0.5, 0.6) is 0 Å². The summed E-state index contributed by atoms with van der Waals surface area (Å²) in [6, 6.07) is 14.6. The number of hydrogen-bond acceptors (Lipinski definition) is 3. The molecule has 0 atom stereocenters. The van der Waals surface area contributed by atoms with Crippen molar-refractivity contribution in [3.8, 4) is 0 Å². The Bertz CT molecular complexity index is 775. The predicted octanol–water partition coefficient (Wildman–Crippen LogP) is 3.30. The molecule has 3 rings (SSSR count). The summed E-state index contributed by atoms with van der Waals surface area (Å²) >= 11 is 0. The Morgan fingerprint density at radius 3 is 2.23 bits per heavy atom. The number of amides is 1. The first-order valence-electron chi connectivity index (χ1n) is 9.24. The summed E-state index contributed by atoms with van der Waals surface area (Å²) in [6.45, 7) is 4.48. The van der Waals surface area contributed by atoms with Crippen molar-refractivity contribution in [3.63, 3.8) is 0 Å². The molecule has 1 amide bonds. The summed E-state index contributed by atoms with van der Waals surface area (Å²) in [5.41, 5.74) is 2.71. The average Bonchev–Trinajstić information content (AvgIpc) is 2.68. The summed E-state index contributed by atoms with van der Waals surface area (Å²) < 4.78 is 0. The van der Waals surface area contributed by atoms with Crippen molar-refractivity contribution in [1.29, 1.82) is 0 Å². The SMILES string of the molecule is CNCC1CCN(C(=O)c2ccccc2C(=O)c2ccc(C)cc2)CC1. The lowest BCUT2D eigenvalue weighted by Gasteiger charge is -2.32. The van der Waals surface area contributed by atoms with Crippen LogP contribution in [0.3, 0.4) is 0 Å². The molecule has 1 N–H and O–H groups in total. The minimum Gasteiger partial charge on any atom is -0.339 e. The summed E-state index contributed by atoms with van der Waals surface area (Å²) in [4.78, 5) is 27.8. The van der Waals surface area contributed by atoms with E-state index in [9.17, 15) is 9.59 Å². The van der Waals surface area contributed by atoms with Crippen molar-refractivity contribution in [2.45, 2.75) is 19.8 Å². The molecule has 136 valence electrons. The van der Waals surface area contributed by atoms with Crippen LogP contribution in [0.25, 0.3) is 0 Å². The van der Waals surface area contributed by atoms with Gasteiger partial charge in [-0.2, -0.15) is 0 Å². The summed E-state index contributed by atoms with van der Waals surface area (Å²) in [5, 5.41) is 3.21. The Labute approximate surface area is 155 Å². The highest BCUT2D eigenvalue weighted by Crippen LogP contribution is 2.21. The zero-order chi connectivity index (χ0) is 18.5. The van der Waals surface area contributed by atoms with Crippen LogP contribution in [-0.4, -0.2) is 43.3 Å². The van der Waals surface area contributed by atoms with E-state index in [1.54, 1.807) is 12.1 Å². The van der Waals surface area contributed by atoms with Crippen LogP contribution in [0, 0.1) is 12.8 Å². The van der Waals surface area contributed by atoms with E-state index in [4.69, 9.17) is 0 Å². The predicted molar refractivity (Wildman–Crippen MR) is 104 cm³/mol. The molecule has 0 aromatic heterocycles. The van der Waals surface area contributed by atoms with Crippen LogP contribution in [-0.2, 0) is 0 Å². The molecule has 0 bridgehead atoms. The maximum Gasteiger partial charge on any atom is 0.254 e. The molecule has 0 unspecified atom stereocenters. The Balaban J connectivity index is 1.80. The molecular formula is C22H26N2O2. The van der Waals surface area contributed by atoms with E-state index < -0.39 is 0 Å². The van der Waals surface area contributed by atoms with E-state index in [-0.39, 0.29) is 11.7 Å². The van der Waals surface area contributed by atoms with Gasteiger partial charge in [0.1, 0.15) is 0 Å². The number of likely N-dealkylation sites (tertiary alicyclic amines) is 1. The molecule has 2 aromatic carbocycles. The lowest BCUT2D eigenvalue weighted by atomic mass is 9.94. The highest BCUT2D eigenvalue weighted by atomic mass is 16.2. The standard InChI is InChI=1S/C22H26N2O2/c1-16-7-9-18(10-8-16)21(25)19-5-3-4-6-20(19)22(26)24-13-11-17(12-14-24)15-23-2/h3-10,17,23H,11-15H2,1-2H3. The zero-order valence-corrected chi connectivity index (χ0v) is 15.5. The monoisotopic (exact) mass is 350 g/mol. The maximum atomic E-state index is 13.0. The molecular weight excluding hydrogens is 324 g/mol. The van der Waals surface area contributed by atoms with E-state index in [0.717, 1.165) is 38.0 Å². The number of aryl methyl sites for hydroxylation is 1. The van der Waals surface area contributed by atoms with Crippen molar-refractivity contribution < 1.29 is 9.59 Å². The molecule has 0 aliphatic carbocycles. The molecule has 0 spiro atoms. The van der Waals surface area contributed by atoms with Gasteiger partial charge >= 0.3 is 0 Å². The van der Waals surface area contributed by atoms with Gasteiger partial charge in [0.15, 0.2) is 5.78 Å². The highest BCUT2D eigenvalue weighted by Gasteiger charge is 2.26. The zero-order valence-electron chi connectivity index (χ0n) is 15.5. The second kappa shape index (κ2) is 8.28. The number of nitrogens with zero attached hydrogens (tertiary/aromatic N) is 1. The van der Waals surface area contributed by atoms with Crippen molar-refractivity contribution in [2.24, 2.45) is 5.92 Å². The summed E-state index contributed by atoms with van der Waals surface area (Å²) in [7, 11) is 1.96. The minimum atomic E-state index is -0.0981. The number of carbonyl (C=O) groups excluding carboxylic acids is 2. The first kappa shape index (κ1) is 18.3. The summed E-state index contributed by atoms with van der Waals surface area (Å²) in [5.74, 6) is 0.483. The number of hydrogen-bond donors (Lipinski definition) is 1. The Morgan fingerprint density at radius 2 is 1.62 bits per heavy atom. The third-order valence-corrected chi connectivity index (χ3v) is 5.11. The van der Waals surface area contributed by atoms with Crippen LogP contribution in [0.1, 0.15) is 44.7 Å². The van der Waals surface area contributed by atoms with Gasteiger partial charge in [0.2, 0.25) is 0 Å². The normalized spacial score (nSPS) is 15.1. The third kappa shape index (κ3) is 4.02. The second-order valence-electron chi connectivity index (χ2n) is 7.03. The first-order valence-corrected chi connectivity index (χ1v) is 9.24. The lowest BCUT2D eigenvalue weighted by Crippen LogP contribution is -2.40. The van der Waals surface area contributed by atoms with E-state index in [0.29, 0.717) is 22.6 Å². The van der Waals surface area contributed by atoms with E-state index >= 15 is 0 Å². The smallest absolute Gasteiger partial charge is 0.254 e. The van der Waals surface area contributed by atoms with Crippen molar-refractivity contribution in [3.05, 3.63) is 70.8 Å². The van der Waals surface area contributed by atoms with Gasteiger partial charge in [0, 0.05) is 24.2 Å². The molecule has 4 heteroatoms. The van der Waals surface area contributed by atoms with Gasteiger partial charge in [0.25, 0.3) is 5.91 Å². The Morgan fingerprint density at radius 1 is 1.00 bits per heavy atom. The van der Waals surface area contributed by atoms with Gasteiger partial charge in [-0.25, -0.2) is 0 Å².